The van der Waals surface area contributed by atoms with Gasteiger partial charge in [-0.05, 0) is 66.8 Å². The predicted molar refractivity (Wildman–Crippen MR) is 127 cm³/mol. The number of hydrogen-bond donors (Lipinski definition) is 0. The highest BCUT2D eigenvalue weighted by atomic mass is 32.1. The maximum Gasteiger partial charge on any atom is 0.353 e. The third kappa shape index (κ3) is 5.23. The number of anilines is 1. The highest BCUT2D eigenvalue weighted by Crippen LogP contribution is 2.29. The lowest BCUT2D eigenvalue weighted by Gasteiger charge is -2.19. The second kappa shape index (κ2) is 10.0. The third-order valence-corrected chi connectivity index (χ3v) is 6.42. The molecule has 0 aliphatic carbocycles. The first kappa shape index (κ1) is 23.4. The van der Waals surface area contributed by atoms with Crippen LogP contribution < -0.4 is 9.64 Å². The summed E-state index contributed by atoms with van der Waals surface area (Å²) in [4.78, 5) is 51.6. The summed E-state index contributed by atoms with van der Waals surface area (Å²) >= 11 is 1.28. The number of amides is 1. The van der Waals surface area contributed by atoms with Crippen LogP contribution in [0.25, 0.3) is 0 Å². The van der Waals surface area contributed by atoms with Crippen molar-refractivity contribution in [3.63, 3.8) is 0 Å². The predicted octanol–water partition coefficient (Wildman–Crippen LogP) is 4.36. The molecule has 174 valence electrons. The molecule has 8 heteroatoms. The van der Waals surface area contributed by atoms with E-state index in [4.69, 9.17) is 9.47 Å². The molecule has 1 aliphatic rings. The van der Waals surface area contributed by atoms with Crippen molar-refractivity contribution in [1.29, 1.82) is 0 Å². The molecule has 1 aliphatic heterocycles. The first-order valence-corrected chi connectivity index (χ1v) is 11.6. The number of nitrogens with zero attached hydrogens (tertiary/aromatic N) is 1. The topological polar surface area (TPSA) is 90.0 Å². The van der Waals surface area contributed by atoms with Gasteiger partial charge < -0.3 is 14.4 Å². The van der Waals surface area contributed by atoms with E-state index in [0.29, 0.717) is 16.2 Å². The quantitative estimate of drug-likeness (QED) is 0.285. The monoisotopic (exact) mass is 477 g/mol. The molecule has 2 heterocycles. The molecule has 0 N–H and O–H groups in total. The van der Waals surface area contributed by atoms with Gasteiger partial charge in [-0.25, -0.2) is 4.79 Å². The smallest absolute Gasteiger partial charge is 0.353 e. The summed E-state index contributed by atoms with van der Waals surface area (Å²) in [6.07, 6.45) is 0.0463. The van der Waals surface area contributed by atoms with Crippen LogP contribution in [0.2, 0.25) is 0 Å². The molecular weight excluding hydrogens is 454 g/mol. The summed E-state index contributed by atoms with van der Waals surface area (Å²) in [5.74, 6) is -1.89. The van der Waals surface area contributed by atoms with E-state index >= 15 is 0 Å². The molecule has 0 spiro atoms. The van der Waals surface area contributed by atoms with Crippen molar-refractivity contribution in [1.82, 2.24) is 0 Å². The lowest BCUT2D eigenvalue weighted by Crippen LogP contribution is -2.27. The van der Waals surface area contributed by atoms with Gasteiger partial charge in [-0.15, -0.1) is 11.3 Å². The number of rotatable bonds is 7. The number of benzene rings is 2. The summed E-state index contributed by atoms with van der Waals surface area (Å²) < 4.78 is 10.5. The van der Waals surface area contributed by atoms with E-state index in [-0.39, 0.29) is 24.7 Å². The fraction of sp³-hybridized carbons (Fsp3) is 0.231. The number of ketones is 1. The lowest BCUT2D eigenvalue weighted by molar-refractivity contribution is -0.147. The van der Waals surface area contributed by atoms with Crippen LogP contribution in [0.3, 0.4) is 0 Å². The van der Waals surface area contributed by atoms with Gasteiger partial charge in [-0.2, -0.15) is 0 Å². The summed E-state index contributed by atoms with van der Waals surface area (Å²) in [6.45, 7) is 3.66. The number of hydrogen-bond acceptors (Lipinski definition) is 7. The van der Waals surface area contributed by atoms with Crippen molar-refractivity contribution >= 4 is 40.7 Å². The van der Waals surface area contributed by atoms with Crippen LogP contribution in [0.15, 0.2) is 60.0 Å². The van der Waals surface area contributed by atoms with Crippen LogP contribution >= 0.6 is 11.3 Å². The molecule has 1 unspecified atom stereocenters. The van der Waals surface area contributed by atoms with E-state index in [2.05, 4.69) is 0 Å². The van der Waals surface area contributed by atoms with E-state index in [1.165, 1.54) is 35.6 Å². The first-order valence-electron chi connectivity index (χ1n) is 10.7. The Labute approximate surface area is 200 Å². The molecule has 0 radical (unpaired) electrons. The van der Waals surface area contributed by atoms with Gasteiger partial charge >= 0.3 is 11.9 Å². The Morgan fingerprint density at radius 2 is 1.82 bits per heavy atom. The molecule has 0 bridgehead atoms. The minimum atomic E-state index is -0.626. The van der Waals surface area contributed by atoms with Gasteiger partial charge in [0.05, 0.1) is 5.92 Å². The molecule has 1 aromatic heterocycles. The number of Topliss-reactive ketones (excluding diaryl/α,β-unsaturated/α-hetero) is 1. The molecular formula is C26H23NO6S. The molecule has 2 aromatic carbocycles. The maximum absolute atomic E-state index is 12.5. The van der Waals surface area contributed by atoms with E-state index < -0.39 is 24.5 Å². The minimum absolute atomic E-state index is 0.0463. The van der Waals surface area contributed by atoms with E-state index in [0.717, 1.165) is 16.8 Å². The number of ether oxygens (including phenoxy) is 2. The summed E-state index contributed by atoms with van der Waals surface area (Å²) in [6, 6.07) is 15.3. The molecule has 7 nitrogen and oxygen atoms in total. The van der Waals surface area contributed by atoms with Gasteiger partial charge in [0.15, 0.2) is 12.4 Å². The van der Waals surface area contributed by atoms with Gasteiger partial charge in [-0.1, -0.05) is 18.2 Å². The van der Waals surface area contributed by atoms with Crippen molar-refractivity contribution in [2.45, 2.75) is 20.3 Å². The standard InChI is InChI=1S/C26H23NO6S/c1-16-5-6-17(2)21(12-16)27-14-19(13-24(27)29)25(30)32-15-22(28)18-7-9-20(10-8-18)33-26(31)23-4-3-11-34-23/h3-12,19H,13-15H2,1-2H3. The molecule has 3 aromatic rings. The Morgan fingerprint density at radius 1 is 1.06 bits per heavy atom. The van der Waals surface area contributed by atoms with Crippen molar-refractivity contribution in [3.05, 3.63) is 81.5 Å². The summed E-state index contributed by atoms with van der Waals surface area (Å²) in [5.41, 5.74) is 3.09. The fourth-order valence-corrected chi connectivity index (χ4v) is 4.31. The highest BCUT2D eigenvalue weighted by molar-refractivity contribution is 7.12. The Balaban J connectivity index is 1.30. The Hall–Kier alpha value is -3.78. The highest BCUT2D eigenvalue weighted by Gasteiger charge is 2.37. The molecule has 0 saturated carbocycles. The summed E-state index contributed by atoms with van der Waals surface area (Å²) in [7, 11) is 0. The number of esters is 2. The zero-order chi connectivity index (χ0) is 24.2. The molecule has 1 atom stereocenters. The summed E-state index contributed by atoms with van der Waals surface area (Å²) in [5, 5.41) is 1.78. The van der Waals surface area contributed by atoms with Gasteiger partial charge in [0, 0.05) is 24.2 Å². The zero-order valence-corrected chi connectivity index (χ0v) is 19.6. The molecule has 1 fully saturated rings. The molecule has 1 amide bonds. The average Bonchev–Trinajstić information content (AvgIpc) is 3.50. The van der Waals surface area contributed by atoms with Crippen LogP contribution in [0.1, 0.15) is 37.6 Å². The maximum atomic E-state index is 12.5. The second-order valence-electron chi connectivity index (χ2n) is 8.12. The zero-order valence-electron chi connectivity index (χ0n) is 18.8. The largest absolute Gasteiger partial charge is 0.457 e. The fourth-order valence-electron chi connectivity index (χ4n) is 3.71. The van der Waals surface area contributed by atoms with Gasteiger partial charge in [0.2, 0.25) is 5.91 Å². The Kier molecular flexibility index (Phi) is 6.88. The van der Waals surface area contributed by atoms with Crippen molar-refractivity contribution in [2.24, 2.45) is 5.92 Å². The van der Waals surface area contributed by atoms with Crippen molar-refractivity contribution < 1.29 is 28.7 Å². The van der Waals surface area contributed by atoms with Crippen molar-refractivity contribution in [3.8, 4) is 5.75 Å². The van der Waals surface area contributed by atoms with Crippen LogP contribution in [-0.2, 0) is 14.3 Å². The molecule has 4 rings (SSSR count). The minimum Gasteiger partial charge on any atom is -0.457 e. The molecule has 34 heavy (non-hydrogen) atoms. The SMILES string of the molecule is Cc1ccc(C)c(N2CC(C(=O)OCC(=O)c3ccc(OC(=O)c4cccs4)cc3)CC2=O)c1. The van der Waals surface area contributed by atoms with Crippen LogP contribution in [0.5, 0.6) is 5.75 Å². The Bertz CT molecular complexity index is 1230. The first-order chi connectivity index (χ1) is 16.3. The van der Waals surface area contributed by atoms with Crippen LogP contribution in [0.4, 0.5) is 5.69 Å². The number of carbonyl (C=O) groups excluding carboxylic acids is 4. The van der Waals surface area contributed by atoms with Gasteiger partial charge in [0.1, 0.15) is 10.6 Å². The van der Waals surface area contributed by atoms with E-state index in [1.54, 1.807) is 22.4 Å². The normalized spacial score (nSPS) is 15.3. The van der Waals surface area contributed by atoms with E-state index in [9.17, 15) is 19.2 Å². The number of aryl methyl sites for hydroxylation is 2. The van der Waals surface area contributed by atoms with E-state index in [1.807, 2.05) is 32.0 Å². The Morgan fingerprint density at radius 3 is 2.53 bits per heavy atom. The average molecular weight is 478 g/mol. The van der Waals surface area contributed by atoms with Gasteiger partial charge in [-0.3, -0.25) is 14.4 Å². The number of thiophene rings is 1. The second-order valence-corrected chi connectivity index (χ2v) is 9.07. The van der Waals surface area contributed by atoms with Crippen LogP contribution in [-0.4, -0.2) is 36.8 Å². The van der Waals surface area contributed by atoms with Gasteiger partial charge in [0.25, 0.3) is 0 Å². The van der Waals surface area contributed by atoms with Crippen molar-refractivity contribution in [2.75, 3.05) is 18.1 Å². The number of carbonyl (C=O) groups is 4. The van der Waals surface area contributed by atoms with Crippen LogP contribution in [0, 0.1) is 19.8 Å². The molecule has 1 saturated heterocycles. The third-order valence-electron chi connectivity index (χ3n) is 5.57. The lowest BCUT2D eigenvalue weighted by atomic mass is 10.1.